The van der Waals surface area contributed by atoms with Crippen LogP contribution in [-0.2, 0) is 13.0 Å². The van der Waals surface area contributed by atoms with Crippen molar-refractivity contribution in [3.05, 3.63) is 47.8 Å². The summed E-state index contributed by atoms with van der Waals surface area (Å²) in [5, 5.41) is 0. The molecule has 0 bridgehead atoms. The number of hydrogen-bond donors (Lipinski definition) is 0. The maximum absolute atomic E-state index is 13.0. The van der Waals surface area contributed by atoms with Gasteiger partial charge in [-0.1, -0.05) is 0 Å². The molecule has 126 valence electrons. The fourth-order valence-electron chi connectivity index (χ4n) is 3.50. The van der Waals surface area contributed by atoms with Gasteiger partial charge >= 0.3 is 0 Å². The lowest BCUT2D eigenvalue weighted by Crippen LogP contribution is -2.48. The van der Waals surface area contributed by atoms with Crippen molar-refractivity contribution in [2.45, 2.75) is 25.8 Å². The molecule has 1 fully saturated rings. The summed E-state index contributed by atoms with van der Waals surface area (Å²) >= 11 is 0. The van der Waals surface area contributed by atoms with E-state index in [0.29, 0.717) is 18.8 Å². The number of halogens is 1. The molecular formula is C18H21FN4O. The molecule has 0 spiro atoms. The third-order valence-corrected chi connectivity index (χ3v) is 4.89. The zero-order valence-corrected chi connectivity index (χ0v) is 13.6. The van der Waals surface area contributed by atoms with Gasteiger partial charge in [0, 0.05) is 51.0 Å². The van der Waals surface area contributed by atoms with Crippen LogP contribution in [0.5, 0.6) is 0 Å². The van der Waals surface area contributed by atoms with Crippen molar-refractivity contribution < 1.29 is 9.18 Å². The Morgan fingerprint density at radius 3 is 2.46 bits per heavy atom. The van der Waals surface area contributed by atoms with Crippen LogP contribution in [-0.4, -0.2) is 46.5 Å². The summed E-state index contributed by atoms with van der Waals surface area (Å²) in [5.41, 5.74) is 1.57. The molecule has 1 amide bonds. The number of carbonyl (C=O) groups excluding carboxylic acids is 1. The number of imidazole rings is 1. The fraction of sp³-hybridized carbons (Fsp3) is 0.444. The molecule has 5 nitrogen and oxygen atoms in total. The van der Waals surface area contributed by atoms with Gasteiger partial charge in [-0.15, -0.1) is 0 Å². The van der Waals surface area contributed by atoms with Crippen LogP contribution in [0.15, 0.2) is 30.5 Å². The normalized spacial score (nSPS) is 17.7. The van der Waals surface area contributed by atoms with Crippen LogP contribution in [0.3, 0.4) is 0 Å². The van der Waals surface area contributed by atoms with E-state index in [1.54, 1.807) is 12.1 Å². The van der Waals surface area contributed by atoms with Gasteiger partial charge in [-0.3, -0.25) is 4.79 Å². The topological polar surface area (TPSA) is 41.4 Å². The van der Waals surface area contributed by atoms with Gasteiger partial charge in [0.1, 0.15) is 17.3 Å². The van der Waals surface area contributed by atoms with E-state index in [-0.39, 0.29) is 11.7 Å². The molecule has 0 saturated carbocycles. The second kappa shape index (κ2) is 6.26. The first kappa shape index (κ1) is 15.2. The van der Waals surface area contributed by atoms with E-state index in [9.17, 15) is 9.18 Å². The number of carbonyl (C=O) groups is 1. The molecule has 6 heteroatoms. The number of aryl methyl sites for hydroxylation is 2. The largest absolute Gasteiger partial charge is 0.368 e. The van der Waals surface area contributed by atoms with Gasteiger partial charge in [-0.05, 0) is 37.1 Å². The lowest BCUT2D eigenvalue weighted by Gasteiger charge is -2.35. The van der Waals surface area contributed by atoms with Crippen LogP contribution in [0.25, 0.3) is 0 Å². The Balaban J connectivity index is 1.41. The summed E-state index contributed by atoms with van der Waals surface area (Å²) in [6, 6.07) is 6.53. The molecule has 0 unspecified atom stereocenters. The van der Waals surface area contributed by atoms with Gasteiger partial charge in [0.05, 0.1) is 0 Å². The Labute approximate surface area is 140 Å². The fourth-order valence-corrected chi connectivity index (χ4v) is 3.50. The first-order valence-electron chi connectivity index (χ1n) is 8.56. The lowest BCUT2D eigenvalue weighted by atomic mass is 10.2. The van der Waals surface area contributed by atoms with E-state index in [0.717, 1.165) is 50.4 Å². The lowest BCUT2D eigenvalue weighted by molar-refractivity contribution is 0.0741. The average molecular weight is 328 g/mol. The van der Waals surface area contributed by atoms with E-state index >= 15 is 0 Å². The van der Waals surface area contributed by atoms with E-state index in [1.807, 2.05) is 11.1 Å². The molecule has 0 aliphatic carbocycles. The van der Waals surface area contributed by atoms with Gasteiger partial charge in [0.25, 0.3) is 5.91 Å². The highest BCUT2D eigenvalue weighted by atomic mass is 19.1. The minimum atomic E-state index is -0.226. The minimum Gasteiger partial charge on any atom is -0.368 e. The highest BCUT2D eigenvalue weighted by Gasteiger charge is 2.25. The second-order valence-electron chi connectivity index (χ2n) is 6.45. The Hall–Kier alpha value is -2.37. The summed E-state index contributed by atoms with van der Waals surface area (Å²) in [4.78, 5) is 21.3. The molecule has 0 N–H and O–H groups in total. The predicted molar refractivity (Wildman–Crippen MR) is 89.7 cm³/mol. The maximum atomic E-state index is 13.0. The number of fused-ring (bicyclic) bond motifs is 1. The van der Waals surface area contributed by atoms with E-state index in [4.69, 9.17) is 0 Å². The number of aromatic nitrogens is 2. The SMILES string of the molecule is O=C(c1cn2c(n1)CCCC2)N1CCN(c2ccc(F)cc2)CC1. The van der Waals surface area contributed by atoms with Crippen molar-refractivity contribution >= 4 is 11.6 Å². The summed E-state index contributed by atoms with van der Waals surface area (Å²) in [7, 11) is 0. The number of rotatable bonds is 2. The van der Waals surface area contributed by atoms with Crippen molar-refractivity contribution in [3.8, 4) is 0 Å². The Kier molecular flexibility index (Phi) is 3.96. The van der Waals surface area contributed by atoms with Gasteiger partial charge < -0.3 is 14.4 Å². The van der Waals surface area contributed by atoms with Crippen molar-refractivity contribution in [3.63, 3.8) is 0 Å². The molecule has 1 aromatic heterocycles. The van der Waals surface area contributed by atoms with Crippen molar-refractivity contribution in [1.29, 1.82) is 0 Å². The number of anilines is 1. The van der Waals surface area contributed by atoms with Gasteiger partial charge in [0.2, 0.25) is 0 Å². The summed E-state index contributed by atoms with van der Waals surface area (Å²) < 4.78 is 15.1. The Morgan fingerprint density at radius 2 is 1.75 bits per heavy atom. The summed E-state index contributed by atoms with van der Waals surface area (Å²) in [6.45, 7) is 3.81. The summed E-state index contributed by atoms with van der Waals surface area (Å²) in [5.74, 6) is 0.835. The number of nitrogens with zero attached hydrogens (tertiary/aromatic N) is 4. The third kappa shape index (κ3) is 2.88. The molecule has 0 radical (unpaired) electrons. The predicted octanol–water partition coefficient (Wildman–Crippen LogP) is 2.32. The molecule has 2 aromatic rings. The monoisotopic (exact) mass is 328 g/mol. The summed E-state index contributed by atoms with van der Waals surface area (Å²) in [6.07, 6.45) is 5.18. The molecule has 4 rings (SSSR count). The molecular weight excluding hydrogens is 307 g/mol. The number of amides is 1. The van der Waals surface area contributed by atoms with Crippen LogP contribution in [0, 0.1) is 5.82 Å². The van der Waals surface area contributed by atoms with E-state index in [1.165, 1.54) is 12.1 Å². The molecule has 2 aliphatic heterocycles. The van der Waals surface area contributed by atoms with Crippen LogP contribution >= 0.6 is 0 Å². The standard InChI is InChI=1S/C18H21FN4O/c19-14-4-6-15(7-5-14)21-9-11-22(12-10-21)18(24)16-13-23-8-2-1-3-17(23)20-16/h4-7,13H,1-3,8-12H2. The third-order valence-electron chi connectivity index (χ3n) is 4.89. The number of piperazine rings is 1. The molecule has 3 heterocycles. The number of benzene rings is 1. The van der Waals surface area contributed by atoms with Crippen molar-refractivity contribution in [2.75, 3.05) is 31.1 Å². The highest BCUT2D eigenvalue weighted by molar-refractivity contribution is 5.92. The zero-order valence-electron chi connectivity index (χ0n) is 13.6. The van der Waals surface area contributed by atoms with Crippen LogP contribution < -0.4 is 4.90 Å². The van der Waals surface area contributed by atoms with Gasteiger partial charge in [0.15, 0.2) is 0 Å². The van der Waals surface area contributed by atoms with Gasteiger partial charge in [-0.25, -0.2) is 9.37 Å². The first-order valence-corrected chi connectivity index (χ1v) is 8.56. The van der Waals surface area contributed by atoms with Crippen LogP contribution in [0.4, 0.5) is 10.1 Å². The van der Waals surface area contributed by atoms with Crippen LogP contribution in [0.2, 0.25) is 0 Å². The zero-order chi connectivity index (χ0) is 16.5. The Bertz CT molecular complexity index is 708. The smallest absolute Gasteiger partial charge is 0.274 e. The number of hydrogen-bond acceptors (Lipinski definition) is 3. The molecule has 1 aromatic carbocycles. The highest BCUT2D eigenvalue weighted by Crippen LogP contribution is 2.19. The second-order valence-corrected chi connectivity index (χ2v) is 6.45. The molecule has 0 atom stereocenters. The average Bonchev–Trinajstić information content (AvgIpc) is 3.06. The van der Waals surface area contributed by atoms with Crippen molar-refractivity contribution in [2.24, 2.45) is 0 Å². The molecule has 24 heavy (non-hydrogen) atoms. The Morgan fingerprint density at radius 1 is 1.00 bits per heavy atom. The van der Waals surface area contributed by atoms with E-state index in [2.05, 4.69) is 14.5 Å². The first-order chi connectivity index (χ1) is 11.7. The van der Waals surface area contributed by atoms with Gasteiger partial charge in [-0.2, -0.15) is 0 Å². The minimum absolute atomic E-state index is 0.0238. The molecule has 1 saturated heterocycles. The van der Waals surface area contributed by atoms with Crippen molar-refractivity contribution in [1.82, 2.24) is 14.5 Å². The molecule has 2 aliphatic rings. The maximum Gasteiger partial charge on any atom is 0.274 e. The van der Waals surface area contributed by atoms with Crippen LogP contribution in [0.1, 0.15) is 29.2 Å². The van der Waals surface area contributed by atoms with E-state index < -0.39 is 0 Å². The quantitative estimate of drug-likeness (QED) is 0.849.